The zero-order valence-electron chi connectivity index (χ0n) is 43.6. The molecule has 4 aromatic carbocycles. The summed E-state index contributed by atoms with van der Waals surface area (Å²) in [6.07, 6.45) is -0.372. The molecular weight excluding hydrogens is 927 g/mol. The van der Waals surface area contributed by atoms with Crippen LogP contribution in [0.25, 0.3) is 0 Å². The van der Waals surface area contributed by atoms with Crippen molar-refractivity contribution in [1.82, 2.24) is 25.3 Å². The van der Waals surface area contributed by atoms with Crippen LogP contribution in [-0.4, -0.2) is 110 Å². The number of amides is 5. The Morgan fingerprint density at radius 3 is 1.48 bits per heavy atom. The van der Waals surface area contributed by atoms with Gasteiger partial charge in [-0.05, 0) is 106 Å². The number of likely N-dealkylation sites (tertiary alicyclic amines) is 1. The van der Waals surface area contributed by atoms with Gasteiger partial charge in [0.2, 0.25) is 23.6 Å². The highest BCUT2D eigenvalue weighted by molar-refractivity contribution is 5.88. The van der Waals surface area contributed by atoms with Crippen LogP contribution in [0.5, 0.6) is 0 Å². The van der Waals surface area contributed by atoms with E-state index in [-0.39, 0.29) is 60.5 Å². The van der Waals surface area contributed by atoms with Gasteiger partial charge in [0.15, 0.2) is 0 Å². The number of ketones is 2. The van der Waals surface area contributed by atoms with E-state index >= 15 is 0 Å². The van der Waals surface area contributed by atoms with Gasteiger partial charge in [-0.1, -0.05) is 109 Å². The van der Waals surface area contributed by atoms with E-state index in [1.54, 1.807) is 25.7 Å². The van der Waals surface area contributed by atoms with Crippen molar-refractivity contribution < 1.29 is 48.5 Å². The van der Waals surface area contributed by atoms with E-state index in [0.717, 1.165) is 39.8 Å². The lowest BCUT2D eigenvalue weighted by atomic mass is 9.79. The largest absolute Gasteiger partial charge is 0.444 e. The molecule has 0 bridgehead atoms. The van der Waals surface area contributed by atoms with Gasteiger partial charge in [0.1, 0.15) is 23.2 Å². The molecular formula is C58H75N5O10. The summed E-state index contributed by atoms with van der Waals surface area (Å²) in [5.74, 6) is -2.28. The highest BCUT2D eigenvalue weighted by Gasteiger charge is 2.46. The first-order valence-corrected chi connectivity index (χ1v) is 25.3. The lowest BCUT2D eigenvalue weighted by Crippen LogP contribution is -2.64. The molecule has 4 aromatic rings. The average Bonchev–Trinajstić information content (AvgIpc) is 3.33. The number of aliphatic hydroxyl groups is 2. The number of Topliss-reactive ketones (excluding diaryl/α,β-unsaturated/α-hetero) is 2. The van der Waals surface area contributed by atoms with Crippen LogP contribution in [0, 0.1) is 17.8 Å². The molecule has 2 heterocycles. The van der Waals surface area contributed by atoms with E-state index in [0.29, 0.717) is 58.5 Å². The monoisotopic (exact) mass is 1000 g/mol. The summed E-state index contributed by atoms with van der Waals surface area (Å²) in [5, 5.41) is 28.6. The molecule has 5 amide bonds. The number of nitrogens with one attached hydrogen (secondary N) is 2. The Balaban J connectivity index is 0.000000276. The van der Waals surface area contributed by atoms with Gasteiger partial charge in [0, 0.05) is 72.5 Å². The fraction of sp³-hybridized carbons (Fsp3) is 0.466. The lowest BCUT2D eigenvalue weighted by Gasteiger charge is -2.44. The number of nitrogens with zero attached hydrogens (tertiary/aromatic N) is 3. The fourth-order valence-electron chi connectivity index (χ4n) is 9.61. The maximum absolute atomic E-state index is 13.9. The topological polar surface area (TPSA) is 203 Å². The summed E-state index contributed by atoms with van der Waals surface area (Å²) in [5.41, 5.74) is 4.88. The Bertz CT molecular complexity index is 2490. The van der Waals surface area contributed by atoms with Crippen LogP contribution in [0.3, 0.4) is 0 Å². The molecule has 0 radical (unpaired) electrons. The first-order chi connectivity index (χ1) is 34.7. The lowest BCUT2D eigenvalue weighted by molar-refractivity contribution is -0.150. The Hall–Kier alpha value is -6.71. The SMILES string of the molecule is CC(=O)C[C@@H](Cc1cccc(CNC(C)=O)c1)[C@H](O)[C@@H]1CCCN(Cc2ccccc2)C1=O.CC(=O)C[C@@H](Cc1cccc(CNC(C)=O)c1)[C@H](O)[C@H]1C(=O)N(Cc2ccccc2)CCN1C(=O)OC(C)(C)C. The van der Waals surface area contributed by atoms with Crippen LogP contribution >= 0.6 is 0 Å². The molecule has 4 N–H and O–H groups in total. The van der Waals surface area contributed by atoms with Crippen LogP contribution in [0.4, 0.5) is 4.79 Å². The number of piperidine rings is 1. The highest BCUT2D eigenvalue weighted by atomic mass is 16.6. The van der Waals surface area contributed by atoms with Crippen molar-refractivity contribution >= 4 is 41.3 Å². The number of ether oxygens (including phenoxy) is 1. The van der Waals surface area contributed by atoms with Crippen molar-refractivity contribution in [3.05, 3.63) is 143 Å². The number of rotatable bonds is 20. The maximum Gasteiger partial charge on any atom is 0.411 e. The molecule has 0 spiro atoms. The van der Waals surface area contributed by atoms with Gasteiger partial charge in [-0.3, -0.25) is 24.1 Å². The second-order valence-electron chi connectivity index (χ2n) is 20.5. The van der Waals surface area contributed by atoms with Crippen molar-refractivity contribution in [3.8, 4) is 0 Å². The smallest absolute Gasteiger partial charge is 0.411 e. The van der Waals surface area contributed by atoms with Crippen LogP contribution in [0.1, 0.15) is 108 Å². The van der Waals surface area contributed by atoms with Gasteiger partial charge in [0.25, 0.3) is 0 Å². The molecule has 2 aliphatic rings. The van der Waals surface area contributed by atoms with Crippen LogP contribution in [0.2, 0.25) is 0 Å². The Morgan fingerprint density at radius 2 is 1.03 bits per heavy atom. The van der Waals surface area contributed by atoms with Gasteiger partial charge in [0.05, 0.1) is 18.1 Å². The first kappa shape index (κ1) is 57.2. The molecule has 6 rings (SSSR count). The molecule has 0 aromatic heterocycles. The number of hydrogen-bond donors (Lipinski definition) is 4. The third-order valence-corrected chi connectivity index (χ3v) is 13.0. The molecule has 0 unspecified atom stereocenters. The van der Waals surface area contributed by atoms with Gasteiger partial charge in [-0.2, -0.15) is 0 Å². The molecule has 2 fully saturated rings. The van der Waals surface area contributed by atoms with Crippen molar-refractivity contribution in [2.45, 2.75) is 137 Å². The second kappa shape index (κ2) is 27.4. The van der Waals surface area contributed by atoms with Crippen LogP contribution < -0.4 is 10.6 Å². The van der Waals surface area contributed by atoms with Crippen molar-refractivity contribution in [2.24, 2.45) is 17.8 Å². The van der Waals surface area contributed by atoms with E-state index in [9.17, 15) is 43.8 Å². The minimum Gasteiger partial charge on any atom is -0.444 e. The normalized spacial score (nSPS) is 17.6. The summed E-state index contributed by atoms with van der Waals surface area (Å²) < 4.78 is 5.60. The Morgan fingerprint density at radius 1 is 0.589 bits per heavy atom. The predicted molar refractivity (Wildman–Crippen MR) is 278 cm³/mol. The Kier molecular flexibility index (Phi) is 21.4. The first-order valence-electron chi connectivity index (χ1n) is 25.3. The summed E-state index contributed by atoms with van der Waals surface area (Å²) in [7, 11) is 0. The summed E-state index contributed by atoms with van der Waals surface area (Å²) in [6, 6.07) is 33.5. The summed E-state index contributed by atoms with van der Waals surface area (Å²) >= 11 is 0. The zero-order chi connectivity index (χ0) is 53.2. The molecule has 15 nitrogen and oxygen atoms in total. The van der Waals surface area contributed by atoms with Gasteiger partial charge in [-0.25, -0.2) is 4.79 Å². The summed E-state index contributed by atoms with van der Waals surface area (Å²) in [4.78, 5) is 92.0. The molecule has 0 aliphatic carbocycles. The van der Waals surface area contributed by atoms with Crippen molar-refractivity contribution in [2.75, 3.05) is 19.6 Å². The second-order valence-corrected chi connectivity index (χ2v) is 20.5. The van der Waals surface area contributed by atoms with E-state index in [1.807, 2.05) is 114 Å². The third-order valence-electron chi connectivity index (χ3n) is 13.0. The number of benzene rings is 4. The van der Waals surface area contributed by atoms with Crippen molar-refractivity contribution in [3.63, 3.8) is 0 Å². The molecule has 2 saturated heterocycles. The van der Waals surface area contributed by atoms with E-state index in [1.165, 1.54) is 32.6 Å². The number of hydrogen-bond acceptors (Lipinski definition) is 10. The number of carbonyl (C=O) groups is 7. The zero-order valence-corrected chi connectivity index (χ0v) is 43.6. The number of carbonyl (C=O) groups excluding carboxylic acids is 7. The minimum atomic E-state index is -1.32. The van der Waals surface area contributed by atoms with Crippen LogP contribution in [0.15, 0.2) is 109 Å². The van der Waals surface area contributed by atoms with Gasteiger partial charge in [-0.15, -0.1) is 0 Å². The molecule has 15 heteroatoms. The predicted octanol–water partition coefficient (Wildman–Crippen LogP) is 6.73. The standard InChI is InChI=1S/C31H41N3O6.C27H34N2O4/c1-21(35)16-26(18-24-12-9-13-25(17-24)19-32-22(2)36)28(37)27-29(38)33(20-23-10-7-6-8-11-23)14-15-34(27)30(39)40-31(3,4)5;1-19(30)14-24(16-22-10-6-11-23(15-22)17-28-20(2)31)26(32)25-12-7-13-29(27(25)33)18-21-8-4-3-5-9-21/h6-13,17,26-28,37H,14-16,18-20H2,1-5H3,(H,32,36);3-6,8-11,15,24-26,32H,7,12-14,16-18H2,1-2H3,(H,28,31)/t26-,27-,28-;24-,25-,26-/m00/s1. The highest BCUT2D eigenvalue weighted by Crippen LogP contribution is 2.31. The number of aliphatic hydroxyl groups excluding tert-OH is 2. The Labute approximate surface area is 430 Å². The third kappa shape index (κ3) is 18.4. The van der Waals surface area contributed by atoms with Gasteiger partial charge < -0.3 is 45.0 Å². The quantitative estimate of drug-likeness (QED) is 0.0736. The maximum atomic E-state index is 13.9. The molecule has 73 heavy (non-hydrogen) atoms. The van der Waals surface area contributed by atoms with E-state index in [2.05, 4.69) is 10.6 Å². The van der Waals surface area contributed by atoms with E-state index < -0.39 is 41.8 Å². The fourth-order valence-corrected chi connectivity index (χ4v) is 9.61. The minimum absolute atomic E-state index is 0.00199. The number of piperazine rings is 1. The average molecular weight is 1000 g/mol. The van der Waals surface area contributed by atoms with Crippen molar-refractivity contribution in [1.29, 1.82) is 0 Å². The van der Waals surface area contributed by atoms with Gasteiger partial charge >= 0.3 is 6.09 Å². The van der Waals surface area contributed by atoms with Crippen LogP contribution in [-0.2, 0) is 72.5 Å². The summed E-state index contributed by atoms with van der Waals surface area (Å²) in [6.45, 7) is 14.0. The molecule has 2 aliphatic heterocycles. The molecule has 6 atom stereocenters. The molecule has 0 saturated carbocycles. The van der Waals surface area contributed by atoms with E-state index in [4.69, 9.17) is 4.74 Å². The molecule has 392 valence electrons.